The van der Waals surface area contributed by atoms with Gasteiger partial charge in [-0.15, -0.1) is 0 Å². The minimum atomic E-state index is 0.943. The first-order valence-corrected chi connectivity index (χ1v) is 10.2. The SMILES string of the molecule is Cc1ccc2c(c1)c(CCCN1CCN(C)CC1)cn2Cc1ccccc1. The van der Waals surface area contributed by atoms with E-state index >= 15 is 0 Å². The number of likely N-dealkylation sites (N-methyl/N-ethyl adjacent to an activating group) is 1. The summed E-state index contributed by atoms with van der Waals surface area (Å²) in [6.07, 6.45) is 4.79. The average Bonchev–Trinajstić information content (AvgIpc) is 3.01. The molecule has 2 aromatic carbocycles. The number of piperazine rings is 1. The van der Waals surface area contributed by atoms with Crippen LogP contribution >= 0.6 is 0 Å². The van der Waals surface area contributed by atoms with Gasteiger partial charge in [-0.25, -0.2) is 0 Å². The third kappa shape index (κ3) is 4.42. The molecule has 0 atom stereocenters. The maximum atomic E-state index is 2.62. The summed E-state index contributed by atoms with van der Waals surface area (Å²) in [5, 5.41) is 1.43. The van der Waals surface area contributed by atoms with Gasteiger partial charge in [-0.2, -0.15) is 0 Å². The minimum Gasteiger partial charge on any atom is -0.343 e. The van der Waals surface area contributed by atoms with Gasteiger partial charge < -0.3 is 14.4 Å². The molecule has 0 N–H and O–H groups in total. The Labute approximate surface area is 163 Å². The molecular formula is C24H31N3. The molecule has 3 nitrogen and oxygen atoms in total. The van der Waals surface area contributed by atoms with Gasteiger partial charge >= 0.3 is 0 Å². The summed E-state index contributed by atoms with van der Waals surface area (Å²) in [5.41, 5.74) is 5.57. The molecule has 0 amide bonds. The summed E-state index contributed by atoms with van der Waals surface area (Å²) in [6, 6.07) is 17.7. The number of rotatable bonds is 6. The number of fused-ring (bicyclic) bond motifs is 1. The third-order valence-electron chi connectivity index (χ3n) is 5.83. The van der Waals surface area contributed by atoms with Crippen molar-refractivity contribution >= 4 is 10.9 Å². The molecule has 0 aliphatic carbocycles. The van der Waals surface area contributed by atoms with E-state index in [0.717, 1.165) is 13.0 Å². The zero-order chi connectivity index (χ0) is 18.6. The molecule has 0 bridgehead atoms. The predicted octanol–water partition coefficient (Wildman–Crippen LogP) is 4.18. The molecule has 3 aromatic rings. The smallest absolute Gasteiger partial charge is 0.0486 e. The summed E-state index contributed by atoms with van der Waals surface area (Å²) in [7, 11) is 2.22. The van der Waals surface area contributed by atoms with E-state index in [1.165, 1.54) is 66.7 Å². The summed E-state index contributed by atoms with van der Waals surface area (Å²) in [6.45, 7) is 9.19. The molecule has 142 valence electrons. The molecule has 1 aromatic heterocycles. The lowest BCUT2D eigenvalue weighted by Crippen LogP contribution is -2.44. The highest BCUT2D eigenvalue weighted by Gasteiger charge is 2.14. The molecule has 0 radical (unpaired) electrons. The van der Waals surface area contributed by atoms with Gasteiger partial charge in [0.25, 0.3) is 0 Å². The molecule has 4 rings (SSSR count). The highest BCUT2D eigenvalue weighted by molar-refractivity contribution is 5.84. The van der Waals surface area contributed by atoms with Crippen LogP contribution < -0.4 is 0 Å². The molecule has 27 heavy (non-hydrogen) atoms. The van der Waals surface area contributed by atoms with Gasteiger partial charge in [0.05, 0.1) is 0 Å². The van der Waals surface area contributed by atoms with Crippen LogP contribution in [-0.4, -0.2) is 54.1 Å². The van der Waals surface area contributed by atoms with Crippen LogP contribution in [0.25, 0.3) is 10.9 Å². The quantitative estimate of drug-likeness (QED) is 0.653. The fourth-order valence-electron chi connectivity index (χ4n) is 4.16. The topological polar surface area (TPSA) is 11.4 Å². The van der Waals surface area contributed by atoms with Crippen molar-refractivity contribution < 1.29 is 0 Å². The molecule has 1 fully saturated rings. The minimum absolute atomic E-state index is 0.943. The van der Waals surface area contributed by atoms with E-state index in [1.54, 1.807) is 0 Å². The van der Waals surface area contributed by atoms with Crippen LogP contribution in [0.4, 0.5) is 0 Å². The van der Waals surface area contributed by atoms with Crippen molar-refractivity contribution in [3.8, 4) is 0 Å². The molecule has 1 saturated heterocycles. The van der Waals surface area contributed by atoms with Crippen LogP contribution in [0.3, 0.4) is 0 Å². The van der Waals surface area contributed by atoms with Gasteiger partial charge in [-0.1, -0.05) is 42.0 Å². The van der Waals surface area contributed by atoms with E-state index in [1.807, 2.05) is 0 Å². The van der Waals surface area contributed by atoms with Crippen molar-refractivity contribution in [1.29, 1.82) is 0 Å². The van der Waals surface area contributed by atoms with Crippen molar-refractivity contribution in [3.63, 3.8) is 0 Å². The number of aromatic nitrogens is 1. The molecule has 1 aliphatic heterocycles. The summed E-state index contributed by atoms with van der Waals surface area (Å²) in [4.78, 5) is 5.05. The van der Waals surface area contributed by atoms with Crippen molar-refractivity contribution in [2.75, 3.05) is 39.8 Å². The van der Waals surface area contributed by atoms with Gasteiger partial charge in [-0.3, -0.25) is 0 Å². The standard InChI is InChI=1S/C24H31N3/c1-20-10-11-24-23(17-20)22(9-6-12-26-15-13-25(2)14-16-26)19-27(24)18-21-7-4-3-5-8-21/h3-5,7-8,10-11,17,19H,6,9,12-16,18H2,1-2H3. The first-order chi connectivity index (χ1) is 13.2. The zero-order valence-corrected chi connectivity index (χ0v) is 16.7. The maximum absolute atomic E-state index is 2.62. The Morgan fingerprint density at radius 1 is 0.926 bits per heavy atom. The van der Waals surface area contributed by atoms with Gasteiger partial charge in [0.2, 0.25) is 0 Å². The second kappa shape index (κ2) is 8.28. The number of aryl methyl sites for hydroxylation is 2. The average molecular weight is 362 g/mol. The second-order valence-corrected chi connectivity index (χ2v) is 8.04. The van der Waals surface area contributed by atoms with Gasteiger partial charge in [0.15, 0.2) is 0 Å². The largest absolute Gasteiger partial charge is 0.343 e. The fraction of sp³-hybridized carbons (Fsp3) is 0.417. The van der Waals surface area contributed by atoms with E-state index in [-0.39, 0.29) is 0 Å². The van der Waals surface area contributed by atoms with E-state index in [9.17, 15) is 0 Å². The Morgan fingerprint density at radius 3 is 2.48 bits per heavy atom. The lowest BCUT2D eigenvalue weighted by Gasteiger charge is -2.32. The van der Waals surface area contributed by atoms with Gasteiger partial charge in [0.1, 0.15) is 0 Å². The third-order valence-corrected chi connectivity index (χ3v) is 5.83. The molecule has 0 spiro atoms. The van der Waals surface area contributed by atoms with Crippen molar-refractivity contribution in [2.24, 2.45) is 0 Å². The summed E-state index contributed by atoms with van der Waals surface area (Å²) in [5.74, 6) is 0. The summed E-state index contributed by atoms with van der Waals surface area (Å²) >= 11 is 0. The van der Waals surface area contributed by atoms with Gasteiger partial charge in [0, 0.05) is 49.8 Å². The zero-order valence-electron chi connectivity index (χ0n) is 16.7. The molecule has 0 saturated carbocycles. The molecule has 2 heterocycles. The van der Waals surface area contributed by atoms with Gasteiger partial charge in [-0.05, 0) is 56.6 Å². The Bertz CT molecular complexity index is 873. The first kappa shape index (κ1) is 18.3. The number of benzene rings is 2. The van der Waals surface area contributed by atoms with Crippen LogP contribution in [0, 0.1) is 6.92 Å². The highest BCUT2D eigenvalue weighted by Crippen LogP contribution is 2.25. The van der Waals surface area contributed by atoms with Crippen LogP contribution in [0.1, 0.15) is 23.1 Å². The molecular weight excluding hydrogens is 330 g/mol. The second-order valence-electron chi connectivity index (χ2n) is 8.04. The van der Waals surface area contributed by atoms with Crippen molar-refractivity contribution in [1.82, 2.24) is 14.4 Å². The van der Waals surface area contributed by atoms with Crippen molar-refractivity contribution in [2.45, 2.75) is 26.3 Å². The Balaban J connectivity index is 1.49. The van der Waals surface area contributed by atoms with Crippen LogP contribution in [0.5, 0.6) is 0 Å². The number of nitrogens with zero attached hydrogens (tertiary/aromatic N) is 3. The molecule has 1 aliphatic rings. The number of hydrogen-bond donors (Lipinski definition) is 0. The van der Waals surface area contributed by atoms with Crippen molar-refractivity contribution in [3.05, 3.63) is 71.4 Å². The van der Waals surface area contributed by atoms with Crippen LogP contribution in [-0.2, 0) is 13.0 Å². The summed E-state index contributed by atoms with van der Waals surface area (Å²) < 4.78 is 2.43. The highest BCUT2D eigenvalue weighted by atomic mass is 15.2. The lowest BCUT2D eigenvalue weighted by atomic mass is 10.1. The normalized spacial score (nSPS) is 16.2. The van der Waals surface area contributed by atoms with E-state index in [0.29, 0.717) is 0 Å². The van der Waals surface area contributed by atoms with E-state index < -0.39 is 0 Å². The first-order valence-electron chi connectivity index (χ1n) is 10.2. The van der Waals surface area contributed by atoms with Crippen LogP contribution in [0.2, 0.25) is 0 Å². The lowest BCUT2D eigenvalue weighted by molar-refractivity contribution is 0.153. The Hall–Kier alpha value is -2.10. The Morgan fingerprint density at radius 2 is 1.70 bits per heavy atom. The maximum Gasteiger partial charge on any atom is 0.0486 e. The van der Waals surface area contributed by atoms with E-state index in [2.05, 4.69) is 83.1 Å². The Kier molecular flexibility index (Phi) is 5.61. The molecule has 0 unspecified atom stereocenters. The van der Waals surface area contributed by atoms with E-state index in [4.69, 9.17) is 0 Å². The predicted molar refractivity (Wildman–Crippen MR) is 114 cm³/mol. The number of hydrogen-bond acceptors (Lipinski definition) is 2. The van der Waals surface area contributed by atoms with Crippen LogP contribution in [0.15, 0.2) is 54.7 Å². The fourth-order valence-corrected chi connectivity index (χ4v) is 4.16. The monoisotopic (exact) mass is 361 g/mol. The molecule has 3 heteroatoms.